The first-order chi connectivity index (χ1) is 22.1. The molecule has 1 unspecified atom stereocenters. The summed E-state index contributed by atoms with van der Waals surface area (Å²) in [5.41, 5.74) is 2.46. The second kappa shape index (κ2) is 20.6. The summed E-state index contributed by atoms with van der Waals surface area (Å²) in [5.74, 6) is -4.21. The average molecular weight is 771 g/mol. The van der Waals surface area contributed by atoms with E-state index in [0.717, 1.165) is 11.6 Å². The minimum Gasteiger partial charge on any atom is -0.859 e. The first-order valence-electron chi connectivity index (χ1n) is 14.2. The molecule has 0 saturated carbocycles. The number of esters is 2. The number of hydrogen-bond acceptors (Lipinski definition) is 13. The molecule has 0 fully saturated rings. The number of carbonyl (C=O) groups is 3. The number of rotatable bonds is 15. The Morgan fingerprint density at radius 3 is 2.24 bits per heavy atom. The number of allylic oxidation sites excluding steroid dienone is 2. The third kappa shape index (κ3) is 13.3. The molecule has 1 aromatic heterocycles. The molecule has 0 bridgehead atoms. The van der Waals surface area contributed by atoms with Gasteiger partial charge in [-0.2, -0.15) is 18.6 Å². The van der Waals surface area contributed by atoms with E-state index in [2.05, 4.69) is 15.9 Å². The maximum atomic E-state index is 13.2. The fraction of sp³-hybridized carbons (Fsp3) is 0.379. The molecule has 0 radical (unpaired) electrons. The molecule has 49 heavy (non-hydrogen) atoms. The normalized spacial score (nSPS) is 13.9. The molecule has 3 rings (SSSR count). The molecule has 0 aliphatic carbocycles. The third-order valence-corrected chi connectivity index (χ3v) is 8.51. The van der Waals surface area contributed by atoms with Crippen LogP contribution in [0.4, 0.5) is 0 Å². The van der Waals surface area contributed by atoms with E-state index < -0.39 is 67.2 Å². The zero-order valence-electron chi connectivity index (χ0n) is 27.6. The Balaban J connectivity index is 0.00000600. The fourth-order valence-electron chi connectivity index (χ4n) is 4.21. The van der Waals surface area contributed by atoms with Gasteiger partial charge >= 0.3 is 115 Å². The van der Waals surface area contributed by atoms with Gasteiger partial charge in [0.25, 0.3) is 16.0 Å². The molecule has 254 valence electrons. The van der Waals surface area contributed by atoms with Crippen LogP contribution in [0.5, 0.6) is 5.88 Å². The zero-order valence-corrected chi connectivity index (χ0v) is 35.5. The molecule has 1 aromatic carbocycles. The second-order valence-electron chi connectivity index (χ2n) is 9.97. The van der Waals surface area contributed by atoms with Gasteiger partial charge in [-0.1, -0.05) is 36.4 Å². The summed E-state index contributed by atoms with van der Waals surface area (Å²) in [5, 5.41) is 20.4. The molecule has 16 nitrogen and oxygen atoms in total. The molecule has 2 aromatic rings. The van der Waals surface area contributed by atoms with E-state index in [1.54, 1.807) is 37.3 Å². The van der Waals surface area contributed by atoms with Crippen molar-refractivity contribution in [2.24, 2.45) is 5.10 Å². The quantitative estimate of drug-likeness (QED) is 0.0446. The average Bonchev–Trinajstić information content (AvgIpc) is 3.48. The maximum Gasteiger partial charge on any atom is 1.00 e. The number of benzene rings is 1. The topological polar surface area (TPSA) is 238 Å². The molecule has 20 heteroatoms. The van der Waals surface area contributed by atoms with Gasteiger partial charge < -0.3 is 19.1 Å². The molecular formula is C29H32K2N4O12S2. The van der Waals surface area contributed by atoms with Crippen LogP contribution in [0, 0.1) is 0 Å². The number of hydrogen-bond donors (Lipinski definition) is 1. The largest absolute Gasteiger partial charge is 1.00 e. The Hall–Kier alpha value is -1.34. The SMILES string of the molecule is CCOC(=O)C1=NN(CC(C)S(=O)(=O)O)C(=O)C1=C=C/C(=C/Cc1c(C(=O)OCC)nn(CCCS(=O)(=O)[O-])c1[O-])c1ccccc1.[K+].[K+]. The van der Waals surface area contributed by atoms with Gasteiger partial charge in [-0.25, -0.2) is 23.0 Å². The van der Waals surface area contributed by atoms with Gasteiger partial charge in [-0.05, 0) is 56.7 Å². The molecule has 2 heterocycles. The number of aromatic nitrogens is 2. The molecular weight excluding hydrogens is 739 g/mol. The smallest absolute Gasteiger partial charge is 0.859 e. The van der Waals surface area contributed by atoms with Crippen LogP contribution in [0.25, 0.3) is 5.57 Å². The van der Waals surface area contributed by atoms with Crippen LogP contribution >= 0.6 is 0 Å². The summed E-state index contributed by atoms with van der Waals surface area (Å²) in [6.45, 7) is 3.35. The van der Waals surface area contributed by atoms with E-state index in [9.17, 15) is 45.4 Å². The van der Waals surface area contributed by atoms with Crippen LogP contribution in [0.1, 0.15) is 48.8 Å². The predicted molar refractivity (Wildman–Crippen MR) is 163 cm³/mol. The Morgan fingerprint density at radius 1 is 1.06 bits per heavy atom. The minimum absolute atomic E-state index is 0. The van der Waals surface area contributed by atoms with Crippen molar-refractivity contribution in [2.75, 3.05) is 25.5 Å². The number of amides is 1. The number of carbonyl (C=O) groups excluding carboxylic acids is 3. The van der Waals surface area contributed by atoms with E-state index in [1.807, 2.05) is 0 Å². The summed E-state index contributed by atoms with van der Waals surface area (Å²) in [6.07, 6.45) is 2.43. The van der Waals surface area contributed by atoms with Crippen LogP contribution in [0.2, 0.25) is 0 Å². The summed E-state index contributed by atoms with van der Waals surface area (Å²) in [6, 6.07) is 8.55. The van der Waals surface area contributed by atoms with Gasteiger partial charge in [-0.3, -0.25) is 14.0 Å². The van der Waals surface area contributed by atoms with Gasteiger partial charge in [-0.15, -0.1) is 5.73 Å². The van der Waals surface area contributed by atoms with Gasteiger partial charge in [0.2, 0.25) is 0 Å². The van der Waals surface area contributed by atoms with Crippen LogP contribution in [-0.4, -0.2) is 95.0 Å². The summed E-state index contributed by atoms with van der Waals surface area (Å²) in [7, 11) is -9.08. The molecule has 1 amide bonds. The van der Waals surface area contributed by atoms with E-state index in [4.69, 9.17) is 9.47 Å². The van der Waals surface area contributed by atoms with Crippen molar-refractivity contribution in [1.82, 2.24) is 14.8 Å². The van der Waals surface area contributed by atoms with Crippen LogP contribution in [-0.2, 0) is 52.3 Å². The second-order valence-corrected chi connectivity index (χ2v) is 13.3. The molecule has 1 aliphatic heterocycles. The number of aryl methyl sites for hydroxylation is 1. The van der Waals surface area contributed by atoms with Crippen molar-refractivity contribution < 1.29 is 158 Å². The minimum atomic E-state index is -4.54. The van der Waals surface area contributed by atoms with E-state index in [0.29, 0.717) is 16.1 Å². The molecule has 1 aliphatic rings. The van der Waals surface area contributed by atoms with Crippen molar-refractivity contribution in [3.05, 3.63) is 70.6 Å². The fourth-order valence-corrected chi connectivity index (χ4v) is 5.02. The molecule has 0 spiro atoms. The Labute approximate surface area is 369 Å². The standard InChI is InChI=1S/C29H34N4O12S2.2K/c1-4-44-28(36)24-22(26(34)32(30-24)16-9-17-46(38,39)40)14-12-21(20-10-7-6-8-11-20)13-15-23-25(29(37)45-5-2)31-33(27(23)35)18-19(3)47(41,42)43;;/h6-8,10-13,19,34H,4-5,9,14,16-18H2,1-3H3,(H,38,39,40)(H,41,42,43);;/q;2*+1/p-2/b21-12-;;. The number of ether oxygens (including phenoxy) is 2. The van der Waals surface area contributed by atoms with Crippen molar-refractivity contribution in [3.63, 3.8) is 0 Å². The van der Waals surface area contributed by atoms with Crippen LogP contribution in [0.3, 0.4) is 0 Å². The van der Waals surface area contributed by atoms with E-state index >= 15 is 0 Å². The number of nitrogens with zero attached hydrogens (tertiary/aromatic N) is 4. The molecule has 1 N–H and O–H groups in total. The summed E-state index contributed by atoms with van der Waals surface area (Å²) in [4.78, 5) is 38.5. The monoisotopic (exact) mass is 770 g/mol. The van der Waals surface area contributed by atoms with Crippen molar-refractivity contribution in [1.29, 1.82) is 0 Å². The predicted octanol–water partition coefficient (Wildman–Crippen LogP) is -5.18. The Kier molecular flexibility index (Phi) is 19.2. The maximum absolute atomic E-state index is 13.2. The Bertz CT molecular complexity index is 1870. The van der Waals surface area contributed by atoms with Crippen molar-refractivity contribution in [2.45, 2.75) is 45.4 Å². The summed E-state index contributed by atoms with van der Waals surface area (Å²) < 4.78 is 76.4. The van der Waals surface area contributed by atoms with Gasteiger partial charge in [0.05, 0.1) is 29.9 Å². The van der Waals surface area contributed by atoms with Crippen molar-refractivity contribution >= 4 is 49.4 Å². The zero-order chi connectivity index (χ0) is 34.9. The van der Waals surface area contributed by atoms with E-state index in [1.165, 1.54) is 19.1 Å². The molecule has 0 saturated heterocycles. The third-order valence-electron chi connectivity index (χ3n) is 6.55. The van der Waals surface area contributed by atoms with Gasteiger partial charge in [0.1, 0.15) is 10.8 Å². The first kappa shape index (κ1) is 45.7. The van der Waals surface area contributed by atoms with Gasteiger partial charge in [0, 0.05) is 17.9 Å². The van der Waals surface area contributed by atoms with Crippen LogP contribution < -0.4 is 108 Å². The summed E-state index contributed by atoms with van der Waals surface area (Å²) >= 11 is 0. The first-order valence-corrected chi connectivity index (χ1v) is 17.3. The van der Waals surface area contributed by atoms with Gasteiger partial charge in [0.15, 0.2) is 11.4 Å². The van der Waals surface area contributed by atoms with Crippen LogP contribution in [0.15, 0.2) is 58.9 Å². The number of hydrazone groups is 1. The van der Waals surface area contributed by atoms with Crippen molar-refractivity contribution in [3.8, 4) is 5.88 Å². The molecule has 1 atom stereocenters. The Morgan fingerprint density at radius 2 is 1.67 bits per heavy atom. The van der Waals surface area contributed by atoms with E-state index in [-0.39, 0.29) is 152 Å².